The standard InChI is InChI=1S/C22H27N5O/c1-15-12-23-19(16(2)20(15)28-3)14-27-11-7-10-18(13-27)22-24-21(25-26-22)17-8-5-4-6-9-17/h4-6,8-9,12,18H,7,10-11,13-14H2,1-3H3,(H,24,25,26). The van der Waals surface area contributed by atoms with Gasteiger partial charge in [-0.3, -0.25) is 15.0 Å². The summed E-state index contributed by atoms with van der Waals surface area (Å²) >= 11 is 0. The van der Waals surface area contributed by atoms with Crippen LogP contribution in [-0.4, -0.2) is 45.3 Å². The Bertz CT molecular complexity index is 937. The molecule has 3 heterocycles. The highest BCUT2D eigenvalue weighted by Crippen LogP contribution is 2.29. The van der Waals surface area contributed by atoms with Crippen molar-refractivity contribution < 1.29 is 4.74 Å². The molecular formula is C22H27N5O. The first-order valence-electron chi connectivity index (χ1n) is 9.85. The van der Waals surface area contributed by atoms with E-state index in [-0.39, 0.29) is 0 Å². The van der Waals surface area contributed by atoms with Gasteiger partial charge in [0.05, 0.1) is 12.8 Å². The average molecular weight is 377 g/mol. The van der Waals surface area contributed by atoms with Crippen molar-refractivity contribution in [2.45, 2.75) is 39.2 Å². The third kappa shape index (κ3) is 3.78. The quantitative estimate of drug-likeness (QED) is 0.731. The lowest BCUT2D eigenvalue weighted by Gasteiger charge is -2.31. The molecule has 3 aromatic rings. The molecule has 0 aliphatic carbocycles. The minimum absolute atomic E-state index is 0.367. The van der Waals surface area contributed by atoms with E-state index in [1.807, 2.05) is 43.5 Å². The van der Waals surface area contributed by atoms with E-state index in [9.17, 15) is 0 Å². The molecule has 1 aromatic carbocycles. The van der Waals surface area contributed by atoms with Crippen LogP contribution in [0.3, 0.4) is 0 Å². The van der Waals surface area contributed by atoms with E-state index >= 15 is 0 Å². The van der Waals surface area contributed by atoms with Crippen LogP contribution in [0.15, 0.2) is 36.5 Å². The second kappa shape index (κ2) is 8.10. The average Bonchev–Trinajstić information content (AvgIpc) is 3.22. The van der Waals surface area contributed by atoms with Gasteiger partial charge in [0.15, 0.2) is 5.82 Å². The molecule has 0 radical (unpaired) electrons. The van der Waals surface area contributed by atoms with Crippen LogP contribution in [0.25, 0.3) is 11.4 Å². The number of rotatable bonds is 5. The number of benzene rings is 1. The number of piperidine rings is 1. The van der Waals surface area contributed by atoms with Crippen LogP contribution in [0.1, 0.15) is 41.4 Å². The molecule has 2 aromatic heterocycles. The predicted molar refractivity (Wildman–Crippen MR) is 109 cm³/mol. The number of aromatic amines is 1. The Balaban J connectivity index is 1.48. The van der Waals surface area contributed by atoms with E-state index in [0.717, 1.165) is 72.3 Å². The SMILES string of the molecule is COc1c(C)cnc(CN2CCCC(c3nc(-c4ccccc4)n[nH]3)C2)c1C. The molecule has 6 nitrogen and oxygen atoms in total. The number of H-pyrrole nitrogens is 1. The summed E-state index contributed by atoms with van der Waals surface area (Å²) in [5, 5.41) is 7.61. The fourth-order valence-electron chi connectivity index (χ4n) is 4.04. The summed E-state index contributed by atoms with van der Waals surface area (Å²) in [6.45, 7) is 7.00. The van der Waals surface area contributed by atoms with Crippen molar-refractivity contribution in [1.82, 2.24) is 25.1 Å². The van der Waals surface area contributed by atoms with Gasteiger partial charge in [-0.15, -0.1) is 0 Å². The molecule has 1 saturated heterocycles. The molecule has 1 unspecified atom stereocenters. The lowest BCUT2D eigenvalue weighted by atomic mass is 9.97. The van der Waals surface area contributed by atoms with E-state index in [2.05, 4.69) is 27.0 Å². The molecule has 146 valence electrons. The number of nitrogens with one attached hydrogen (secondary N) is 1. The Morgan fingerprint density at radius 1 is 1.21 bits per heavy atom. The van der Waals surface area contributed by atoms with Crippen molar-refractivity contribution in [2.75, 3.05) is 20.2 Å². The number of aromatic nitrogens is 4. The summed E-state index contributed by atoms with van der Waals surface area (Å²) in [6.07, 6.45) is 4.18. The van der Waals surface area contributed by atoms with Gasteiger partial charge >= 0.3 is 0 Å². The zero-order chi connectivity index (χ0) is 19.5. The minimum atomic E-state index is 0.367. The zero-order valence-corrected chi connectivity index (χ0v) is 16.8. The second-order valence-corrected chi connectivity index (χ2v) is 7.53. The minimum Gasteiger partial charge on any atom is -0.496 e. The van der Waals surface area contributed by atoms with Crippen LogP contribution in [-0.2, 0) is 6.54 Å². The molecule has 1 aliphatic heterocycles. The number of likely N-dealkylation sites (tertiary alicyclic amines) is 1. The van der Waals surface area contributed by atoms with Gasteiger partial charge in [0, 0.05) is 41.9 Å². The Hall–Kier alpha value is -2.73. The predicted octanol–water partition coefficient (Wildman–Crippen LogP) is 3.87. The van der Waals surface area contributed by atoms with Gasteiger partial charge in [-0.2, -0.15) is 5.10 Å². The van der Waals surface area contributed by atoms with Gasteiger partial charge in [-0.25, -0.2) is 4.98 Å². The summed E-state index contributed by atoms with van der Waals surface area (Å²) in [4.78, 5) is 11.9. The van der Waals surface area contributed by atoms with Crippen molar-refractivity contribution in [3.05, 3.63) is 59.2 Å². The van der Waals surface area contributed by atoms with E-state index in [1.54, 1.807) is 7.11 Å². The lowest BCUT2D eigenvalue weighted by Crippen LogP contribution is -2.34. The largest absolute Gasteiger partial charge is 0.496 e. The Morgan fingerprint density at radius 3 is 2.82 bits per heavy atom. The molecule has 1 N–H and O–H groups in total. The monoisotopic (exact) mass is 377 g/mol. The van der Waals surface area contributed by atoms with Crippen LogP contribution in [0, 0.1) is 13.8 Å². The molecule has 28 heavy (non-hydrogen) atoms. The zero-order valence-electron chi connectivity index (χ0n) is 16.8. The first-order chi connectivity index (χ1) is 13.7. The van der Waals surface area contributed by atoms with E-state index in [0.29, 0.717) is 5.92 Å². The Labute approximate surface area is 166 Å². The number of ether oxygens (including phenoxy) is 1. The van der Waals surface area contributed by atoms with Gasteiger partial charge in [-0.1, -0.05) is 30.3 Å². The van der Waals surface area contributed by atoms with Crippen LogP contribution in [0.5, 0.6) is 5.75 Å². The molecule has 0 amide bonds. The first-order valence-corrected chi connectivity index (χ1v) is 9.85. The van der Waals surface area contributed by atoms with Gasteiger partial charge in [0.25, 0.3) is 0 Å². The van der Waals surface area contributed by atoms with Crippen LogP contribution in [0.4, 0.5) is 0 Å². The molecular weight excluding hydrogens is 350 g/mol. The lowest BCUT2D eigenvalue weighted by molar-refractivity contribution is 0.194. The summed E-state index contributed by atoms with van der Waals surface area (Å²) in [5.41, 5.74) is 4.35. The van der Waals surface area contributed by atoms with E-state index < -0.39 is 0 Å². The van der Waals surface area contributed by atoms with Gasteiger partial charge in [0.1, 0.15) is 11.6 Å². The molecule has 0 saturated carbocycles. The summed E-state index contributed by atoms with van der Waals surface area (Å²) in [7, 11) is 1.73. The Kier molecular flexibility index (Phi) is 5.39. The number of hydrogen-bond donors (Lipinski definition) is 1. The van der Waals surface area contributed by atoms with Crippen LogP contribution < -0.4 is 4.74 Å². The Morgan fingerprint density at radius 2 is 2.04 bits per heavy atom. The van der Waals surface area contributed by atoms with Gasteiger partial charge in [0.2, 0.25) is 0 Å². The highest BCUT2D eigenvalue weighted by atomic mass is 16.5. The van der Waals surface area contributed by atoms with Crippen molar-refractivity contribution in [1.29, 1.82) is 0 Å². The summed E-state index contributed by atoms with van der Waals surface area (Å²) in [6, 6.07) is 10.1. The molecule has 0 bridgehead atoms. The van der Waals surface area contributed by atoms with Gasteiger partial charge in [-0.05, 0) is 33.2 Å². The maximum absolute atomic E-state index is 5.56. The molecule has 0 spiro atoms. The molecule has 6 heteroatoms. The number of nitrogens with zero attached hydrogens (tertiary/aromatic N) is 4. The highest BCUT2D eigenvalue weighted by molar-refractivity contribution is 5.53. The number of methoxy groups -OCH3 is 1. The van der Waals surface area contributed by atoms with E-state index in [1.165, 1.54) is 0 Å². The third-order valence-electron chi connectivity index (χ3n) is 5.55. The maximum Gasteiger partial charge on any atom is 0.181 e. The number of aryl methyl sites for hydroxylation is 1. The second-order valence-electron chi connectivity index (χ2n) is 7.53. The van der Waals surface area contributed by atoms with Crippen molar-refractivity contribution in [2.24, 2.45) is 0 Å². The molecule has 1 aliphatic rings. The summed E-state index contributed by atoms with van der Waals surface area (Å²) in [5.74, 6) is 3.07. The molecule has 1 atom stereocenters. The third-order valence-corrected chi connectivity index (χ3v) is 5.55. The van der Waals surface area contributed by atoms with Crippen LogP contribution >= 0.6 is 0 Å². The van der Waals surface area contributed by atoms with Crippen LogP contribution in [0.2, 0.25) is 0 Å². The number of hydrogen-bond acceptors (Lipinski definition) is 5. The van der Waals surface area contributed by atoms with E-state index in [4.69, 9.17) is 9.72 Å². The van der Waals surface area contributed by atoms with Crippen molar-refractivity contribution >= 4 is 0 Å². The normalized spacial score (nSPS) is 17.6. The van der Waals surface area contributed by atoms with Gasteiger partial charge < -0.3 is 4.74 Å². The topological polar surface area (TPSA) is 66.9 Å². The fraction of sp³-hybridized carbons (Fsp3) is 0.409. The molecule has 4 rings (SSSR count). The smallest absolute Gasteiger partial charge is 0.181 e. The molecule has 1 fully saturated rings. The fourth-order valence-corrected chi connectivity index (χ4v) is 4.04. The van der Waals surface area contributed by atoms with Crippen molar-refractivity contribution in [3.8, 4) is 17.1 Å². The van der Waals surface area contributed by atoms with Crippen molar-refractivity contribution in [3.63, 3.8) is 0 Å². The highest BCUT2D eigenvalue weighted by Gasteiger charge is 2.25. The number of pyridine rings is 1. The first kappa shape index (κ1) is 18.6. The summed E-state index contributed by atoms with van der Waals surface area (Å²) < 4.78 is 5.56. The maximum atomic E-state index is 5.56.